The second kappa shape index (κ2) is 4.85. The van der Waals surface area contributed by atoms with Crippen molar-refractivity contribution < 1.29 is 13.9 Å². The van der Waals surface area contributed by atoms with Crippen molar-refractivity contribution in [1.29, 1.82) is 0 Å². The molecule has 6 heteroatoms. The normalized spacial score (nSPS) is 32.7. The first-order chi connectivity index (χ1) is 11.2. The van der Waals surface area contributed by atoms with Gasteiger partial charge in [-0.2, -0.15) is 0 Å². The molecule has 0 radical (unpaired) electrons. The first-order valence-electron chi connectivity index (χ1n) is 8.09. The Labute approximate surface area is 138 Å². The first-order valence-corrected chi connectivity index (χ1v) is 8.97. The summed E-state index contributed by atoms with van der Waals surface area (Å²) >= 11 is 1.57. The maximum absolute atomic E-state index is 12.5. The molecule has 2 aromatic heterocycles. The molecule has 4 saturated heterocycles. The molecule has 6 rings (SSSR count). The highest BCUT2D eigenvalue weighted by Crippen LogP contribution is 2.44. The fraction of sp³-hybridized carbons (Fsp3) is 0.471. The number of rotatable bonds is 2. The average molecular weight is 330 g/mol. The van der Waals surface area contributed by atoms with E-state index in [0.29, 0.717) is 12.5 Å². The number of carbonyl (C=O) groups excluding carboxylic acids is 1. The highest BCUT2D eigenvalue weighted by atomic mass is 32.1. The van der Waals surface area contributed by atoms with Crippen molar-refractivity contribution in [3.05, 3.63) is 29.8 Å². The van der Waals surface area contributed by atoms with Gasteiger partial charge in [0, 0.05) is 23.4 Å². The molecule has 6 heterocycles. The number of thiophene rings is 1. The maximum Gasteiger partial charge on any atom is 0.415 e. The van der Waals surface area contributed by atoms with Gasteiger partial charge in [-0.25, -0.2) is 4.79 Å². The van der Waals surface area contributed by atoms with Gasteiger partial charge in [-0.3, -0.25) is 9.80 Å². The van der Waals surface area contributed by atoms with Gasteiger partial charge >= 0.3 is 6.09 Å². The van der Waals surface area contributed by atoms with Crippen molar-refractivity contribution in [1.82, 2.24) is 4.90 Å². The van der Waals surface area contributed by atoms with Gasteiger partial charge in [0.25, 0.3) is 0 Å². The number of anilines is 1. The van der Waals surface area contributed by atoms with Crippen molar-refractivity contribution in [3.63, 3.8) is 0 Å². The lowest BCUT2D eigenvalue weighted by Gasteiger charge is -2.49. The summed E-state index contributed by atoms with van der Waals surface area (Å²) in [5.74, 6) is 1.34. The summed E-state index contributed by atoms with van der Waals surface area (Å²) in [6.45, 7) is 3.85. The Balaban J connectivity index is 1.43. The van der Waals surface area contributed by atoms with E-state index in [4.69, 9.17) is 9.15 Å². The molecule has 2 aromatic rings. The third-order valence-corrected chi connectivity index (χ3v) is 6.37. The van der Waals surface area contributed by atoms with E-state index in [9.17, 15) is 4.79 Å². The molecule has 4 aliphatic rings. The Morgan fingerprint density at radius 3 is 2.83 bits per heavy atom. The van der Waals surface area contributed by atoms with Gasteiger partial charge in [0.2, 0.25) is 0 Å². The summed E-state index contributed by atoms with van der Waals surface area (Å²) < 4.78 is 11.4. The Kier molecular flexibility index (Phi) is 2.87. The van der Waals surface area contributed by atoms with E-state index >= 15 is 0 Å². The van der Waals surface area contributed by atoms with Crippen molar-refractivity contribution in [2.45, 2.75) is 18.4 Å². The lowest BCUT2D eigenvalue weighted by molar-refractivity contribution is -0.0881. The van der Waals surface area contributed by atoms with E-state index in [1.54, 1.807) is 22.5 Å². The Hall–Kier alpha value is -1.79. The predicted octanol–water partition coefficient (Wildman–Crippen LogP) is 3.43. The van der Waals surface area contributed by atoms with Crippen LogP contribution in [-0.4, -0.2) is 42.8 Å². The van der Waals surface area contributed by atoms with Crippen LogP contribution < -0.4 is 4.90 Å². The van der Waals surface area contributed by atoms with Gasteiger partial charge < -0.3 is 9.15 Å². The molecule has 23 heavy (non-hydrogen) atoms. The average Bonchev–Trinajstić information content (AvgIpc) is 3.28. The van der Waals surface area contributed by atoms with Crippen LogP contribution in [0.1, 0.15) is 12.8 Å². The predicted molar refractivity (Wildman–Crippen MR) is 87.7 cm³/mol. The number of fused-ring (bicyclic) bond motifs is 2. The van der Waals surface area contributed by atoms with E-state index < -0.39 is 0 Å². The lowest BCUT2D eigenvalue weighted by atomic mass is 9.75. The number of carbonyl (C=O) groups is 1. The van der Waals surface area contributed by atoms with Crippen LogP contribution >= 0.6 is 11.3 Å². The number of hydrogen-bond acceptors (Lipinski definition) is 5. The molecule has 0 aromatic carbocycles. The second-order valence-corrected chi connectivity index (χ2v) is 7.61. The van der Waals surface area contributed by atoms with Gasteiger partial charge in [0.15, 0.2) is 0 Å². The largest absolute Gasteiger partial charge is 0.464 e. The van der Waals surface area contributed by atoms with Gasteiger partial charge in [-0.05, 0) is 44.1 Å². The van der Waals surface area contributed by atoms with Gasteiger partial charge in [-0.15, -0.1) is 11.3 Å². The fourth-order valence-electron chi connectivity index (χ4n) is 4.22. The first kappa shape index (κ1) is 13.6. The van der Waals surface area contributed by atoms with Crippen LogP contribution in [-0.2, 0) is 4.74 Å². The lowest BCUT2D eigenvalue weighted by Crippen LogP contribution is -2.61. The molecular formula is C17H18N2O3S. The van der Waals surface area contributed by atoms with Crippen LogP contribution in [0.3, 0.4) is 0 Å². The van der Waals surface area contributed by atoms with Crippen LogP contribution in [0.25, 0.3) is 11.3 Å². The minimum atomic E-state index is -0.303. The minimum Gasteiger partial charge on any atom is -0.464 e. The Morgan fingerprint density at radius 2 is 2.13 bits per heavy atom. The molecule has 4 aliphatic heterocycles. The number of furan rings is 1. The quantitative estimate of drug-likeness (QED) is 0.846. The summed E-state index contributed by atoms with van der Waals surface area (Å²) in [6, 6.07) is 5.83. The van der Waals surface area contributed by atoms with Crippen LogP contribution in [0, 0.1) is 5.92 Å². The summed E-state index contributed by atoms with van der Waals surface area (Å²) in [5, 5.41) is 2.97. The SMILES string of the molecule is O=C1O[C@@]2(CN3CCC2CC3)CN1c1cc(-c2ccco2)cs1. The molecular weight excluding hydrogens is 312 g/mol. The summed E-state index contributed by atoms with van der Waals surface area (Å²) in [6.07, 6.45) is 3.75. The topological polar surface area (TPSA) is 45.9 Å². The number of nitrogens with zero attached hydrogens (tertiary/aromatic N) is 2. The number of ether oxygens (including phenoxy) is 1. The molecule has 0 aliphatic carbocycles. The summed E-state index contributed by atoms with van der Waals surface area (Å²) in [7, 11) is 0. The zero-order valence-electron chi connectivity index (χ0n) is 12.7. The fourth-order valence-corrected chi connectivity index (χ4v) is 5.11. The number of hydrogen-bond donors (Lipinski definition) is 0. The van der Waals surface area contributed by atoms with Crippen LogP contribution in [0.4, 0.5) is 9.80 Å². The van der Waals surface area contributed by atoms with E-state index in [0.717, 1.165) is 48.8 Å². The van der Waals surface area contributed by atoms with Crippen LogP contribution in [0.2, 0.25) is 0 Å². The summed E-state index contributed by atoms with van der Waals surface area (Å²) in [4.78, 5) is 16.7. The molecule has 5 nitrogen and oxygen atoms in total. The third-order valence-electron chi connectivity index (χ3n) is 5.42. The standard InChI is InChI=1S/C17H18N2O3S/c20-16-19(15-8-12(9-23-15)14-2-1-7-21-14)11-17(22-16)10-18-5-3-13(17)4-6-18/h1-2,7-9,13H,3-6,10-11H2/t17-/m0/s1. The molecule has 1 atom stereocenters. The molecule has 1 amide bonds. The van der Waals surface area contributed by atoms with Crippen LogP contribution in [0.5, 0.6) is 0 Å². The molecule has 0 saturated carbocycles. The minimum absolute atomic E-state index is 0.202. The van der Waals surface area contributed by atoms with Crippen LogP contribution in [0.15, 0.2) is 34.3 Å². The highest BCUT2D eigenvalue weighted by Gasteiger charge is 2.55. The molecule has 120 valence electrons. The summed E-state index contributed by atoms with van der Waals surface area (Å²) in [5.41, 5.74) is 0.709. The van der Waals surface area contributed by atoms with E-state index in [1.807, 2.05) is 23.6 Å². The van der Waals surface area contributed by atoms with Gasteiger partial charge in [-0.1, -0.05) is 0 Å². The highest BCUT2D eigenvalue weighted by molar-refractivity contribution is 7.14. The van der Waals surface area contributed by atoms with E-state index in [-0.39, 0.29) is 11.7 Å². The maximum atomic E-state index is 12.5. The monoisotopic (exact) mass is 330 g/mol. The van der Waals surface area contributed by atoms with Crippen molar-refractivity contribution in [3.8, 4) is 11.3 Å². The molecule has 2 bridgehead atoms. The number of amides is 1. The van der Waals surface area contributed by atoms with Crippen molar-refractivity contribution in [2.75, 3.05) is 31.1 Å². The van der Waals surface area contributed by atoms with Gasteiger partial charge in [0.1, 0.15) is 16.4 Å². The van der Waals surface area contributed by atoms with E-state index in [1.165, 1.54) is 0 Å². The third kappa shape index (κ3) is 2.05. The smallest absolute Gasteiger partial charge is 0.415 e. The zero-order chi connectivity index (χ0) is 15.4. The van der Waals surface area contributed by atoms with Gasteiger partial charge in [0.05, 0.1) is 12.8 Å². The van der Waals surface area contributed by atoms with E-state index in [2.05, 4.69) is 4.90 Å². The second-order valence-electron chi connectivity index (χ2n) is 6.72. The Bertz CT molecular complexity index is 733. The zero-order valence-corrected chi connectivity index (χ0v) is 13.6. The molecule has 1 spiro atoms. The van der Waals surface area contributed by atoms with Crippen molar-refractivity contribution >= 4 is 22.4 Å². The molecule has 4 fully saturated rings. The molecule has 0 N–H and O–H groups in total. The molecule has 0 unspecified atom stereocenters. The Morgan fingerprint density at radius 1 is 1.26 bits per heavy atom. The number of piperidine rings is 3. The van der Waals surface area contributed by atoms with Crippen molar-refractivity contribution in [2.24, 2.45) is 5.92 Å².